The molecule has 35 heavy (non-hydrogen) atoms. The molecule has 186 valence electrons. The van der Waals surface area contributed by atoms with Crippen molar-refractivity contribution in [3.8, 4) is 11.5 Å². The first-order valence-electron chi connectivity index (χ1n) is 11.9. The molecule has 0 aliphatic carbocycles. The first-order valence-corrected chi connectivity index (χ1v) is 12.3. The largest absolute Gasteiger partial charge is 0.493 e. The minimum absolute atomic E-state index is 0.0195. The Morgan fingerprint density at radius 2 is 1.91 bits per heavy atom. The third-order valence-corrected chi connectivity index (χ3v) is 6.72. The number of benzene rings is 2. The molecule has 2 aromatic carbocycles. The predicted octanol–water partition coefficient (Wildman–Crippen LogP) is 5.26. The molecular formula is C27H30ClNO6. The molecule has 0 saturated carbocycles. The molecular weight excluding hydrogens is 470 g/mol. The first-order chi connectivity index (χ1) is 16.9. The molecule has 0 saturated heterocycles. The Kier molecular flexibility index (Phi) is 7.67. The number of aliphatic hydroxyl groups excluding tert-OH is 1. The van der Waals surface area contributed by atoms with Crippen LogP contribution in [0.5, 0.6) is 11.5 Å². The summed E-state index contributed by atoms with van der Waals surface area (Å²) in [5, 5.41) is 10.2. The van der Waals surface area contributed by atoms with Gasteiger partial charge in [0.1, 0.15) is 5.58 Å². The summed E-state index contributed by atoms with van der Waals surface area (Å²) < 4.78 is 17.5. The smallest absolute Gasteiger partial charge is 0.290 e. The summed E-state index contributed by atoms with van der Waals surface area (Å²) in [7, 11) is 1.56. The quantitative estimate of drug-likeness (QED) is 0.383. The second-order valence-corrected chi connectivity index (χ2v) is 9.12. The summed E-state index contributed by atoms with van der Waals surface area (Å²) in [4.78, 5) is 28.6. The number of methoxy groups -OCH3 is 1. The van der Waals surface area contributed by atoms with Crippen molar-refractivity contribution in [2.45, 2.75) is 45.6 Å². The van der Waals surface area contributed by atoms with Crippen LogP contribution in [0.4, 0.5) is 0 Å². The molecule has 1 amide bonds. The average Bonchev–Trinajstić information content (AvgIpc) is 3.13. The molecule has 4 rings (SSSR count). The number of hydrogen-bond donors (Lipinski definition) is 1. The van der Waals surface area contributed by atoms with E-state index in [1.807, 2.05) is 13.0 Å². The van der Waals surface area contributed by atoms with Crippen molar-refractivity contribution >= 4 is 28.5 Å². The Morgan fingerprint density at radius 1 is 1.11 bits per heavy atom. The number of rotatable bonds is 10. The Hall–Kier alpha value is -3.03. The Bertz CT molecular complexity index is 1300. The number of aryl methyl sites for hydroxylation is 1. The summed E-state index contributed by atoms with van der Waals surface area (Å²) in [5.74, 6) is 0.757. The van der Waals surface area contributed by atoms with Crippen molar-refractivity contribution in [2.24, 2.45) is 0 Å². The number of carbonyl (C=O) groups is 1. The average molecular weight is 500 g/mol. The minimum atomic E-state index is -0.687. The molecule has 0 spiro atoms. The van der Waals surface area contributed by atoms with Crippen LogP contribution >= 0.6 is 11.6 Å². The van der Waals surface area contributed by atoms with E-state index < -0.39 is 6.04 Å². The van der Waals surface area contributed by atoms with E-state index in [2.05, 4.69) is 6.92 Å². The van der Waals surface area contributed by atoms with Crippen LogP contribution < -0.4 is 14.9 Å². The maximum Gasteiger partial charge on any atom is 0.290 e. The zero-order chi connectivity index (χ0) is 25.1. The van der Waals surface area contributed by atoms with Crippen LogP contribution in [0.25, 0.3) is 11.0 Å². The molecule has 0 bridgehead atoms. The molecule has 0 radical (unpaired) electrons. The standard InChI is InChI=1S/C27H30ClNO6/c1-4-5-6-12-34-20-9-8-17(14-22(20)33-3)24-23-25(31)18-15-19(28)16(2)13-21(18)35-26(23)27(32)29(24)10-7-11-30/h8-9,13-15,24,30H,4-7,10-12H2,1-3H3. The number of unbranched alkanes of at least 4 members (excludes halogenated alkanes) is 2. The van der Waals surface area contributed by atoms with E-state index in [1.54, 1.807) is 36.3 Å². The molecule has 1 aliphatic rings. The summed E-state index contributed by atoms with van der Waals surface area (Å²) in [6.07, 6.45) is 3.48. The van der Waals surface area contributed by atoms with Crippen LogP contribution in [0.3, 0.4) is 0 Å². The lowest BCUT2D eigenvalue weighted by Gasteiger charge is -2.25. The van der Waals surface area contributed by atoms with Crippen LogP contribution in [0.1, 0.15) is 65.9 Å². The number of nitrogens with zero attached hydrogens (tertiary/aromatic N) is 1. The Balaban J connectivity index is 1.82. The van der Waals surface area contributed by atoms with Gasteiger partial charge in [-0.05, 0) is 55.2 Å². The Morgan fingerprint density at radius 3 is 2.63 bits per heavy atom. The molecule has 8 heteroatoms. The number of amides is 1. The van der Waals surface area contributed by atoms with E-state index in [0.29, 0.717) is 46.1 Å². The van der Waals surface area contributed by atoms with Gasteiger partial charge >= 0.3 is 0 Å². The molecule has 0 fully saturated rings. The fraction of sp³-hybridized carbons (Fsp3) is 0.407. The number of hydrogen-bond acceptors (Lipinski definition) is 6. The monoisotopic (exact) mass is 499 g/mol. The van der Waals surface area contributed by atoms with Gasteiger partial charge in [-0.15, -0.1) is 0 Å². The molecule has 1 unspecified atom stereocenters. The SMILES string of the molecule is CCCCCOc1ccc(C2c3c(oc4cc(C)c(Cl)cc4c3=O)C(=O)N2CCCO)cc1OC. The van der Waals surface area contributed by atoms with E-state index >= 15 is 0 Å². The molecule has 1 atom stereocenters. The van der Waals surface area contributed by atoms with Crippen LogP contribution in [-0.2, 0) is 0 Å². The lowest BCUT2D eigenvalue weighted by atomic mass is 9.97. The summed E-state index contributed by atoms with van der Waals surface area (Å²) in [5.41, 5.74) is 1.73. The lowest BCUT2D eigenvalue weighted by molar-refractivity contribution is 0.0716. The maximum atomic E-state index is 13.7. The topological polar surface area (TPSA) is 89.2 Å². The summed E-state index contributed by atoms with van der Waals surface area (Å²) in [6.45, 7) is 4.70. The van der Waals surface area contributed by atoms with E-state index in [4.69, 9.17) is 25.5 Å². The van der Waals surface area contributed by atoms with Gasteiger partial charge in [-0.2, -0.15) is 0 Å². The van der Waals surface area contributed by atoms with Gasteiger partial charge in [0, 0.05) is 18.2 Å². The molecule has 2 heterocycles. The number of halogens is 1. The molecule has 1 aromatic heterocycles. The highest BCUT2D eigenvalue weighted by Crippen LogP contribution is 2.41. The number of aliphatic hydroxyl groups is 1. The second kappa shape index (κ2) is 10.7. The van der Waals surface area contributed by atoms with Crippen molar-refractivity contribution < 1.29 is 23.8 Å². The molecule has 7 nitrogen and oxygen atoms in total. The second-order valence-electron chi connectivity index (χ2n) is 8.72. The fourth-order valence-corrected chi connectivity index (χ4v) is 4.63. The van der Waals surface area contributed by atoms with Gasteiger partial charge in [0.15, 0.2) is 16.9 Å². The minimum Gasteiger partial charge on any atom is -0.493 e. The predicted molar refractivity (Wildman–Crippen MR) is 135 cm³/mol. The fourth-order valence-electron chi connectivity index (χ4n) is 4.47. The zero-order valence-corrected chi connectivity index (χ0v) is 21.0. The van der Waals surface area contributed by atoms with E-state index in [9.17, 15) is 14.7 Å². The van der Waals surface area contributed by atoms with E-state index in [-0.39, 0.29) is 35.8 Å². The van der Waals surface area contributed by atoms with E-state index in [0.717, 1.165) is 24.8 Å². The van der Waals surface area contributed by atoms with Gasteiger partial charge in [0.25, 0.3) is 5.91 Å². The van der Waals surface area contributed by atoms with Crippen LogP contribution in [0.15, 0.2) is 39.5 Å². The van der Waals surface area contributed by atoms with Crippen LogP contribution in [0.2, 0.25) is 5.02 Å². The highest BCUT2D eigenvalue weighted by molar-refractivity contribution is 6.32. The highest BCUT2D eigenvalue weighted by Gasteiger charge is 2.42. The van der Waals surface area contributed by atoms with Gasteiger partial charge in [-0.3, -0.25) is 9.59 Å². The number of fused-ring (bicyclic) bond motifs is 2. The molecule has 1 aliphatic heterocycles. The van der Waals surface area contributed by atoms with Crippen molar-refractivity contribution in [3.05, 3.63) is 68.0 Å². The van der Waals surface area contributed by atoms with Crippen molar-refractivity contribution in [3.63, 3.8) is 0 Å². The summed E-state index contributed by atoms with van der Waals surface area (Å²) >= 11 is 6.29. The van der Waals surface area contributed by atoms with Gasteiger partial charge in [0.05, 0.1) is 30.7 Å². The van der Waals surface area contributed by atoms with Crippen molar-refractivity contribution in [1.29, 1.82) is 0 Å². The van der Waals surface area contributed by atoms with Gasteiger partial charge < -0.3 is 23.9 Å². The molecule has 1 N–H and O–H groups in total. The third-order valence-electron chi connectivity index (χ3n) is 6.31. The normalized spacial score (nSPS) is 15.1. The number of carbonyl (C=O) groups excluding carboxylic acids is 1. The third kappa shape index (κ3) is 4.75. The Labute approximate surface area is 209 Å². The maximum absolute atomic E-state index is 13.7. The zero-order valence-electron chi connectivity index (χ0n) is 20.2. The van der Waals surface area contributed by atoms with Crippen molar-refractivity contribution in [1.82, 2.24) is 4.90 Å². The van der Waals surface area contributed by atoms with Gasteiger partial charge in [-0.25, -0.2) is 0 Å². The van der Waals surface area contributed by atoms with Crippen molar-refractivity contribution in [2.75, 3.05) is 26.9 Å². The highest BCUT2D eigenvalue weighted by atomic mass is 35.5. The van der Waals surface area contributed by atoms with Gasteiger partial charge in [0.2, 0.25) is 5.76 Å². The molecule has 3 aromatic rings. The first kappa shape index (κ1) is 25.1. The summed E-state index contributed by atoms with van der Waals surface area (Å²) in [6, 6.07) is 8.00. The van der Waals surface area contributed by atoms with Gasteiger partial charge in [-0.1, -0.05) is 37.4 Å². The van der Waals surface area contributed by atoms with Crippen LogP contribution in [-0.4, -0.2) is 42.8 Å². The van der Waals surface area contributed by atoms with Crippen LogP contribution in [0, 0.1) is 6.92 Å². The van der Waals surface area contributed by atoms with E-state index in [1.165, 1.54) is 0 Å². The lowest BCUT2D eigenvalue weighted by Crippen LogP contribution is -2.31. The number of ether oxygens (including phenoxy) is 2.